The van der Waals surface area contributed by atoms with Gasteiger partial charge in [0.05, 0.1) is 6.04 Å². The van der Waals surface area contributed by atoms with Crippen LogP contribution in [0.2, 0.25) is 0 Å². The van der Waals surface area contributed by atoms with E-state index < -0.39 is 48.1 Å². The summed E-state index contributed by atoms with van der Waals surface area (Å²) in [6, 6.07) is 5.18. The second kappa shape index (κ2) is 11.2. The van der Waals surface area contributed by atoms with Crippen molar-refractivity contribution in [2.75, 3.05) is 25.0 Å². The van der Waals surface area contributed by atoms with Gasteiger partial charge in [-0.2, -0.15) is 0 Å². The first kappa shape index (κ1) is 25.8. The number of anilines is 1. The molecule has 0 radical (unpaired) electrons. The lowest BCUT2D eigenvalue weighted by atomic mass is 9.89. The van der Waals surface area contributed by atoms with Crippen LogP contribution in [0.15, 0.2) is 24.3 Å². The minimum absolute atomic E-state index is 0.0828. The maximum atomic E-state index is 13.5. The molecule has 3 aliphatic rings. The summed E-state index contributed by atoms with van der Waals surface area (Å²) in [5, 5.41) is 17.6. The normalized spacial score (nSPS) is 26.1. The third-order valence-electron chi connectivity index (χ3n) is 7.79. The average molecular weight is 499 g/mol. The van der Waals surface area contributed by atoms with Gasteiger partial charge in [-0.25, -0.2) is 0 Å². The Morgan fingerprint density at radius 1 is 1.14 bits per heavy atom. The van der Waals surface area contributed by atoms with Crippen molar-refractivity contribution in [3.63, 3.8) is 0 Å². The Morgan fingerprint density at radius 3 is 2.64 bits per heavy atom. The van der Waals surface area contributed by atoms with Crippen molar-refractivity contribution in [3.05, 3.63) is 29.8 Å². The van der Waals surface area contributed by atoms with Crippen LogP contribution in [0.4, 0.5) is 5.69 Å². The number of carbonyl (C=O) groups is 5. The second-order valence-electron chi connectivity index (χ2n) is 10.1. The molecular formula is C26H34N4O6. The summed E-state index contributed by atoms with van der Waals surface area (Å²) in [5.41, 5.74) is 1.33. The zero-order valence-electron chi connectivity index (χ0n) is 20.5. The van der Waals surface area contributed by atoms with Crippen molar-refractivity contribution in [3.8, 4) is 0 Å². The molecule has 5 atom stereocenters. The molecule has 10 heteroatoms. The van der Waals surface area contributed by atoms with Gasteiger partial charge in [0.15, 0.2) is 5.78 Å². The number of Topliss-reactive ketones (excluding diaryl/α,β-unsaturated/α-hetero) is 1. The number of rotatable bonds is 7. The molecule has 4 N–H and O–H groups in total. The monoisotopic (exact) mass is 498 g/mol. The fraction of sp³-hybridized carbons (Fsp3) is 0.577. The minimum atomic E-state index is -1.05. The van der Waals surface area contributed by atoms with Crippen LogP contribution in [0.5, 0.6) is 0 Å². The molecule has 194 valence electrons. The summed E-state index contributed by atoms with van der Waals surface area (Å²) >= 11 is 0. The van der Waals surface area contributed by atoms with E-state index in [1.54, 1.807) is 12.1 Å². The third kappa shape index (κ3) is 5.43. The fourth-order valence-electron chi connectivity index (χ4n) is 5.85. The van der Waals surface area contributed by atoms with E-state index in [1.807, 2.05) is 19.1 Å². The number of hydrogen-bond donors (Lipinski definition) is 4. The van der Waals surface area contributed by atoms with Crippen molar-refractivity contribution in [2.45, 2.75) is 57.5 Å². The Hall–Kier alpha value is -3.27. The lowest BCUT2D eigenvalue weighted by molar-refractivity contribution is -0.147. The number of carbonyl (C=O) groups excluding carboxylic acids is 5. The van der Waals surface area contributed by atoms with Crippen molar-refractivity contribution < 1.29 is 29.1 Å². The van der Waals surface area contributed by atoms with Gasteiger partial charge in [-0.3, -0.25) is 24.0 Å². The predicted molar refractivity (Wildman–Crippen MR) is 131 cm³/mol. The molecule has 1 saturated carbocycles. The first-order chi connectivity index (χ1) is 17.3. The molecule has 1 aromatic carbocycles. The number of para-hydroxylation sites is 1. The second-order valence-corrected chi connectivity index (χ2v) is 10.1. The molecule has 10 nitrogen and oxygen atoms in total. The molecule has 2 heterocycles. The number of fused-ring (bicyclic) bond motifs is 1. The fourth-order valence-corrected chi connectivity index (χ4v) is 5.85. The molecule has 0 unspecified atom stereocenters. The highest BCUT2D eigenvalue weighted by molar-refractivity contribution is 6.40. The van der Waals surface area contributed by atoms with Crippen molar-refractivity contribution in [1.82, 2.24) is 15.5 Å². The largest absolute Gasteiger partial charge is 0.389 e. The number of aryl methyl sites for hydroxylation is 1. The average Bonchev–Trinajstić information content (AvgIpc) is 3.46. The first-order valence-corrected chi connectivity index (χ1v) is 12.7. The van der Waals surface area contributed by atoms with Gasteiger partial charge in [0, 0.05) is 24.7 Å². The van der Waals surface area contributed by atoms with Gasteiger partial charge in [0.2, 0.25) is 11.8 Å². The molecule has 3 fully saturated rings. The summed E-state index contributed by atoms with van der Waals surface area (Å²) in [7, 11) is 0. The molecule has 0 aromatic heterocycles. The van der Waals surface area contributed by atoms with Crippen LogP contribution in [0, 0.1) is 24.7 Å². The minimum Gasteiger partial charge on any atom is -0.389 e. The van der Waals surface area contributed by atoms with Gasteiger partial charge < -0.3 is 26.0 Å². The number of benzene rings is 1. The molecule has 2 saturated heterocycles. The summed E-state index contributed by atoms with van der Waals surface area (Å²) in [6.45, 7) is 1.93. The summed E-state index contributed by atoms with van der Waals surface area (Å²) in [6.07, 6.45) is 3.98. The maximum absolute atomic E-state index is 13.5. The van der Waals surface area contributed by atoms with E-state index in [2.05, 4.69) is 16.0 Å². The maximum Gasteiger partial charge on any atom is 0.313 e. The molecule has 2 aliphatic heterocycles. The lowest BCUT2D eigenvalue weighted by Gasteiger charge is -2.30. The lowest BCUT2D eigenvalue weighted by Crippen LogP contribution is -2.55. The quantitative estimate of drug-likeness (QED) is 0.404. The predicted octanol–water partition coefficient (Wildman–Crippen LogP) is 0.523. The number of aliphatic hydroxyl groups is 1. The molecule has 4 rings (SSSR count). The number of hydrogen-bond acceptors (Lipinski definition) is 6. The van der Waals surface area contributed by atoms with E-state index in [1.165, 1.54) is 4.90 Å². The number of aliphatic hydroxyl groups excluding tert-OH is 1. The summed E-state index contributed by atoms with van der Waals surface area (Å²) in [5.74, 6) is -3.33. The molecule has 0 spiro atoms. The molecule has 4 amide bonds. The Labute approximate surface area is 210 Å². The Kier molecular flexibility index (Phi) is 8.03. The van der Waals surface area contributed by atoms with Gasteiger partial charge in [-0.1, -0.05) is 24.6 Å². The topological polar surface area (TPSA) is 145 Å². The molecular weight excluding hydrogens is 464 g/mol. The summed E-state index contributed by atoms with van der Waals surface area (Å²) < 4.78 is 0. The Balaban J connectivity index is 1.50. The van der Waals surface area contributed by atoms with E-state index in [4.69, 9.17) is 0 Å². The Bertz CT molecular complexity index is 1040. The van der Waals surface area contributed by atoms with Crippen LogP contribution < -0.4 is 16.0 Å². The van der Waals surface area contributed by atoms with Crippen LogP contribution in [0.3, 0.4) is 0 Å². The van der Waals surface area contributed by atoms with Gasteiger partial charge in [-0.05, 0) is 62.5 Å². The van der Waals surface area contributed by atoms with Crippen LogP contribution in [0.25, 0.3) is 0 Å². The van der Waals surface area contributed by atoms with Crippen molar-refractivity contribution in [2.24, 2.45) is 17.8 Å². The highest BCUT2D eigenvalue weighted by Gasteiger charge is 2.51. The SMILES string of the molecule is Cc1ccccc1NC(=O)C(=O)N1C[C@@H]2CCC[C@@H]2[C@H]1C(=O)N[C@@H](C[C@@H]1CCCNC1=O)C(=O)CO. The van der Waals surface area contributed by atoms with Crippen molar-refractivity contribution in [1.29, 1.82) is 0 Å². The standard InChI is InChI=1S/C26H34N4O6/c1-15-6-2-3-10-19(15)28-25(35)26(36)30-13-17-7-4-9-18(17)22(30)24(34)29-20(21(32)14-31)12-16-8-5-11-27-23(16)33/h2-3,6,10,16-18,20,22,31H,4-5,7-9,11-14H2,1H3,(H,27,33)(H,28,35)(H,29,34)/t16-,17-,18-,20-,22-/m0/s1. The Morgan fingerprint density at radius 2 is 1.92 bits per heavy atom. The number of ketones is 1. The van der Waals surface area contributed by atoms with E-state index >= 15 is 0 Å². The van der Waals surface area contributed by atoms with Gasteiger partial charge >= 0.3 is 11.8 Å². The molecule has 1 aromatic rings. The van der Waals surface area contributed by atoms with E-state index in [-0.39, 0.29) is 24.2 Å². The highest BCUT2D eigenvalue weighted by atomic mass is 16.3. The van der Waals surface area contributed by atoms with E-state index in [9.17, 15) is 29.1 Å². The zero-order chi connectivity index (χ0) is 25.8. The number of nitrogens with zero attached hydrogens (tertiary/aromatic N) is 1. The summed E-state index contributed by atoms with van der Waals surface area (Å²) in [4.78, 5) is 65.6. The first-order valence-electron chi connectivity index (χ1n) is 12.7. The number of likely N-dealkylation sites (tertiary alicyclic amines) is 1. The van der Waals surface area contributed by atoms with Gasteiger partial charge in [0.1, 0.15) is 12.6 Å². The van der Waals surface area contributed by atoms with Gasteiger partial charge in [0.25, 0.3) is 0 Å². The van der Waals surface area contributed by atoms with Gasteiger partial charge in [-0.15, -0.1) is 0 Å². The highest BCUT2D eigenvalue weighted by Crippen LogP contribution is 2.42. The van der Waals surface area contributed by atoms with Crippen LogP contribution in [-0.2, 0) is 24.0 Å². The molecule has 1 aliphatic carbocycles. The zero-order valence-corrected chi connectivity index (χ0v) is 20.5. The van der Waals surface area contributed by atoms with E-state index in [0.717, 1.165) is 31.2 Å². The molecule has 36 heavy (non-hydrogen) atoms. The number of piperidine rings is 1. The van der Waals surface area contributed by atoms with Crippen LogP contribution in [-0.4, -0.2) is 71.2 Å². The smallest absolute Gasteiger partial charge is 0.313 e. The molecule has 0 bridgehead atoms. The third-order valence-corrected chi connectivity index (χ3v) is 7.79. The van der Waals surface area contributed by atoms with Crippen molar-refractivity contribution >= 4 is 35.1 Å². The number of amides is 4. The van der Waals surface area contributed by atoms with E-state index in [0.29, 0.717) is 25.2 Å². The van der Waals surface area contributed by atoms with Crippen LogP contribution >= 0.6 is 0 Å². The number of nitrogens with one attached hydrogen (secondary N) is 3. The van der Waals surface area contributed by atoms with Crippen LogP contribution in [0.1, 0.15) is 44.1 Å².